The van der Waals surface area contributed by atoms with Gasteiger partial charge in [-0.25, -0.2) is 8.42 Å². The minimum atomic E-state index is -3.12. The third-order valence-corrected chi connectivity index (χ3v) is 4.63. The van der Waals surface area contributed by atoms with Crippen molar-refractivity contribution >= 4 is 10.0 Å². The zero-order valence-electron chi connectivity index (χ0n) is 8.10. The molecule has 1 saturated heterocycles. The summed E-state index contributed by atoms with van der Waals surface area (Å²) in [5.41, 5.74) is 0. The molecular weight excluding hydrogens is 190 g/mol. The van der Waals surface area contributed by atoms with E-state index in [4.69, 9.17) is 0 Å². The lowest BCUT2D eigenvalue weighted by Crippen LogP contribution is -2.38. The SMILES string of the molecule is CCCS(=O)(=O)N1CC[C@@H](O)[C@@H]1C. The van der Waals surface area contributed by atoms with E-state index in [0.29, 0.717) is 19.4 Å². The standard InChI is InChI=1S/C8H17NO3S/c1-3-6-13(11,12)9-5-4-8(10)7(9)2/h7-8,10H,3-6H2,1-2H3/t7-,8+/m0/s1. The first-order valence-corrected chi connectivity index (χ1v) is 6.27. The van der Waals surface area contributed by atoms with E-state index in [1.165, 1.54) is 4.31 Å². The molecule has 0 aromatic carbocycles. The number of aliphatic hydroxyl groups excluding tert-OH is 1. The summed E-state index contributed by atoms with van der Waals surface area (Å²) < 4.78 is 24.6. The summed E-state index contributed by atoms with van der Waals surface area (Å²) in [4.78, 5) is 0. The Bertz CT molecular complexity index is 263. The molecule has 1 rings (SSSR count). The molecule has 1 N–H and O–H groups in total. The smallest absolute Gasteiger partial charge is 0.214 e. The third kappa shape index (κ3) is 2.21. The maximum absolute atomic E-state index is 11.6. The van der Waals surface area contributed by atoms with E-state index in [1.54, 1.807) is 6.92 Å². The van der Waals surface area contributed by atoms with Gasteiger partial charge in [0.25, 0.3) is 0 Å². The molecule has 0 unspecified atom stereocenters. The van der Waals surface area contributed by atoms with Crippen molar-refractivity contribution in [2.75, 3.05) is 12.3 Å². The predicted molar refractivity (Wildman–Crippen MR) is 50.9 cm³/mol. The van der Waals surface area contributed by atoms with Crippen LogP contribution in [0.4, 0.5) is 0 Å². The van der Waals surface area contributed by atoms with Gasteiger partial charge in [0.2, 0.25) is 10.0 Å². The molecule has 0 saturated carbocycles. The molecule has 1 heterocycles. The minimum Gasteiger partial charge on any atom is -0.391 e. The molecule has 0 aliphatic carbocycles. The van der Waals surface area contributed by atoms with Crippen molar-refractivity contribution in [1.82, 2.24) is 4.31 Å². The summed E-state index contributed by atoms with van der Waals surface area (Å²) in [7, 11) is -3.12. The molecule has 0 amide bonds. The van der Waals surface area contributed by atoms with Crippen molar-refractivity contribution in [3.63, 3.8) is 0 Å². The third-order valence-electron chi connectivity index (χ3n) is 2.48. The number of aliphatic hydroxyl groups is 1. The first kappa shape index (κ1) is 10.9. The highest BCUT2D eigenvalue weighted by atomic mass is 32.2. The largest absolute Gasteiger partial charge is 0.391 e. The Morgan fingerprint density at radius 1 is 1.54 bits per heavy atom. The second kappa shape index (κ2) is 3.94. The van der Waals surface area contributed by atoms with Gasteiger partial charge in [0, 0.05) is 12.6 Å². The van der Waals surface area contributed by atoms with Gasteiger partial charge in [0.1, 0.15) is 0 Å². The first-order chi connectivity index (χ1) is 5.99. The fourth-order valence-corrected chi connectivity index (χ4v) is 3.45. The molecule has 0 bridgehead atoms. The van der Waals surface area contributed by atoms with E-state index in [1.807, 2.05) is 6.92 Å². The molecule has 13 heavy (non-hydrogen) atoms. The Balaban J connectivity index is 2.73. The molecule has 4 nitrogen and oxygen atoms in total. The zero-order chi connectivity index (χ0) is 10.1. The van der Waals surface area contributed by atoms with E-state index in [9.17, 15) is 13.5 Å². The first-order valence-electron chi connectivity index (χ1n) is 4.66. The number of rotatable bonds is 3. The van der Waals surface area contributed by atoms with Crippen LogP contribution in [0.15, 0.2) is 0 Å². The lowest BCUT2D eigenvalue weighted by Gasteiger charge is -2.21. The topological polar surface area (TPSA) is 57.6 Å². The number of nitrogens with zero attached hydrogens (tertiary/aromatic N) is 1. The van der Waals surface area contributed by atoms with Crippen molar-refractivity contribution in [3.05, 3.63) is 0 Å². The molecule has 0 radical (unpaired) electrons. The van der Waals surface area contributed by atoms with Crippen LogP contribution in [0.2, 0.25) is 0 Å². The maximum Gasteiger partial charge on any atom is 0.214 e. The van der Waals surface area contributed by atoms with Gasteiger partial charge in [0.05, 0.1) is 11.9 Å². The van der Waals surface area contributed by atoms with Crippen molar-refractivity contribution in [2.45, 2.75) is 38.8 Å². The lowest BCUT2D eigenvalue weighted by atomic mass is 10.2. The Morgan fingerprint density at radius 2 is 2.15 bits per heavy atom. The Morgan fingerprint density at radius 3 is 2.54 bits per heavy atom. The molecular formula is C8H17NO3S. The van der Waals surface area contributed by atoms with E-state index < -0.39 is 16.1 Å². The molecule has 1 aliphatic heterocycles. The highest BCUT2D eigenvalue weighted by molar-refractivity contribution is 7.89. The fourth-order valence-electron chi connectivity index (χ4n) is 1.66. The summed E-state index contributed by atoms with van der Waals surface area (Å²) >= 11 is 0. The van der Waals surface area contributed by atoms with E-state index in [0.717, 1.165) is 0 Å². The average molecular weight is 207 g/mol. The number of hydrogen-bond acceptors (Lipinski definition) is 3. The normalized spacial score (nSPS) is 31.0. The Labute approximate surface area is 79.6 Å². The van der Waals surface area contributed by atoms with Gasteiger partial charge in [-0.3, -0.25) is 0 Å². The van der Waals surface area contributed by atoms with Gasteiger partial charge >= 0.3 is 0 Å². The van der Waals surface area contributed by atoms with Gasteiger partial charge in [-0.05, 0) is 19.8 Å². The van der Waals surface area contributed by atoms with Crippen molar-refractivity contribution in [1.29, 1.82) is 0 Å². The Kier molecular flexibility index (Phi) is 3.32. The number of hydrogen-bond donors (Lipinski definition) is 1. The van der Waals surface area contributed by atoms with Crippen LogP contribution in [0.1, 0.15) is 26.7 Å². The van der Waals surface area contributed by atoms with Gasteiger partial charge in [-0.15, -0.1) is 0 Å². The highest BCUT2D eigenvalue weighted by Crippen LogP contribution is 2.21. The molecule has 0 aromatic rings. The van der Waals surface area contributed by atoms with Gasteiger partial charge in [0.15, 0.2) is 0 Å². The summed E-state index contributed by atoms with van der Waals surface area (Å²) in [5.74, 6) is 0.185. The van der Waals surface area contributed by atoms with Crippen molar-refractivity contribution in [3.8, 4) is 0 Å². The molecule has 0 spiro atoms. The van der Waals surface area contributed by atoms with Crippen LogP contribution in [0.25, 0.3) is 0 Å². The predicted octanol–water partition coefficient (Wildman–Crippen LogP) is 0.181. The molecule has 5 heteroatoms. The average Bonchev–Trinajstić information content (AvgIpc) is 2.33. The summed E-state index contributed by atoms with van der Waals surface area (Å²) in [5, 5.41) is 9.39. The van der Waals surface area contributed by atoms with E-state index in [-0.39, 0.29) is 11.8 Å². The van der Waals surface area contributed by atoms with Crippen molar-refractivity contribution in [2.24, 2.45) is 0 Å². The monoisotopic (exact) mass is 207 g/mol. The van der Waals surface area contributed by atoms with E-state index >= 15 is 0 Å². The molecule has 2 atom stereocenters. The minimum absolute atomic E-state index is 0.185. The fraction of sp³-hybridized carbons (Fsp3) is 1.00. The van der Waals surface area contributed by atoms with Gasteiger partial charge < -0.3 is 5.11 Å². The van der Waals surface area contributed by atoms with Crippen molar-refractivity contribution < 1.29 is 13.5 Å². The quantitative estimate of drug-likeness (QED) is 0.718. The second-order valence-corrected chi connectivity index (χ2v) is 5.56. The zero-order valence-corrected chi connectivity index (χ0v) is 8.92. The molecule has 1 fully saturated rings. The van der Waals surface area contributed by atoms with Crippen LogP contribution in [-0.2, 0) is 10.0 Å². The van der Waals surface area contributed by atoms with Crippen LogP contribution in [0, 0.1) is 0 Å². The van der Waals surface area contributed by atoms with Gasteiger partial charge in [-0.1, -0.05) is 6.92 Å². The summed E-state index contributed by atoms with van der Waals surface area (Å²) in [6.07, 6.45) is 0.692. The molecule has 0 aromatic heterocycles. The summed E-state index contributed by atoms with van der Waals surface area (Å²) in [6.45, 7) is 4.06. The molecule has 78 valence electrons. The highest BCUT2D eigenvalue weighted by Gasteiger charge is 2.36. The molecule has 1 aliphatic rings. The van der Waals surface area contributed by atoms with Crippen LogP contribution in [0.5, 0.6) is 0 Å². The Hall–Kier alpha value is -0.130. The van der Waals surface area contributed by atoms with Gasteiger partial charge in [-0.2, -0.15) is 4.31 Å². The second-order valence-electron chi connectivity index (χ2n) is 3.52. The maximum atomic E-state index is 11.6. The number of sulfonamides is 1. The van der Waals surface area contributed by atoms with Crippen LogP contribution >= 0.6 is 0 Å². The van der Waals surface area contributed by atoms with Crippen LogP contribution in [-0.4, -0.2) is 42.3 Å². The van der Waals surface area contributed by atoms with Crippen LogP contribution in [0.3, 0.4) is 0 Å². The van der Waals surface area contributed by atoms with Crippen LogP contribution < -0.4 is 0 Å². The lowest BCUT2D eigenvalue weighted by molar-refractivity contribution is 0.150. The summed E-state index contributed by atoms with van der Waals surface area (Å²) in [6, 6.07) is -0.253. The van der Waals surface area contributed by atoms with E-state index in [2.05, 4.69) is 0 Å².